The zero-order valence-corrected chi connectivity index (χ0v) is 8.62. The van der Waals surface area contributed by atoms with Gasteiger partial charge in [0, 0.05) is 19.5 Å². The summed E-state index contributed by atoms with van der Waals surface area (Å²) in [5.41, 5.74) is 1.12. The van der Waals surface area contributed by atoms with E-state index in [-0.39, 0.29) is 0 Å². The number of furan rings is 1. The number of guanidine groups is 1. The van der Waals surface area contributed by atoms with Crippen molar-refractivity contribution in [3.63, 3.8) is 0 Å². The van der Waals surface area contributed by atoms with Crippen molar-refractivity contribution in [2.75, 3.05) is 19.6 Å². The fourth-order valence-electron chi connectivity index (χ4n) is 1.39. The minimum absolute atomic E-state index is 0.718. The van der Waals surface area contributed by atoms with Crippen LogP contribution in [0.25, 0.3) is 0 Å². The second kappa shape index (κ2) is 4.68. The third kappa shape index (κ3) is 2.87. The molecule has 0 fully saturated rings. The van der Waals surface area contributed by atoms with Gasteiger partial charge in [-0.2, -0.15) is 0 Å². The Balaban J connectivity index is 1.72. The van der Waals surface area contributed by atoms with Crippen LogP contribution in [0.5, 0.6) is 0 Å². The van der Waals surface area contributed by atoms with Gasteiger partial charge in [-0.15, -0.1) is 0 Å². The predicted molar refractivity (Wildman–Crippen MR) is 59.9 cm³/mol. The average molecular weight is 205 g/mol. The maximum Gasteiger partial charge on any atom is 0.191 e. The van der Waals surface area contributed by atoms with Gasteiger partial charge >= 0.3 is 0 Å². The molecule has 0 saturated carbocycles. The van der Waals surface area contributed by atoms with Crippen LogP contribution in [0.3, 0.4) is 0 Å². The van der Waals surface area contributed by atoms with Crippen LogP contribution in [0, 0.1) is 0 Å². The monoisotopic (exact) mass is 205 g/mol. The summed E-state index contributed by atoms with van der Waals surface area (Å²) in [6.07, 6.45) is 2.56. The summed E-state index contributed by atoms with van der Waals surface area (Å²) in [7, 11) is 0. The Morgan fingerprint density at radius 3 is 3.20 bits per heavy atom. The van der Waals surface area contributed by atoms with Crippen molar-refractivity contribution in [2.45, 2.75) is 6.42 Å². The van der Waals surface area contributed by atoms with E-state index in [1.807, 2.05) is 12.1 Å². The minimum atomic E-state index is 0.718. The molecule has 0 aliphatic carbocycles. The van der Waals surface area contributed by atoms with E-state index in [0.717, 1.165) is 43.3 Å². The molecular weight excluding hydrogens is 190 g/mol. The Morgan fingerprint density at radius 2 is 2.53 bits per heavy atom. The molecule has 0 spiro atoms. The van der Waals surface area contributed by atoms with Crippen LogP contribution in [-0.2, 0) is 6.42 Å². The Labute approximate surface area is 89.1 Å². The molecule has 0 atom stereocenters. The van der Waals surface area contributed by atoms with Gasteiger partial charge in [0.05, 0.1) is 12.8 Å². The molecule has 1 aliphatic heterocycles. The van der Waals surface area contributed by atoms with Crippen LogP contribution in [0.15, 0.2) is 40.0 Å². The second-order valence-electron chi connectivity index (χ2n) is 3.52. The van der Waals surface area contributed by atoms with Crippen molar-refractivity contribution in [2.24, 2.45) is 4.99 Å². The molecule has 0 aromatic carbocycles. The lowest BCUT2D eigenvalue weighted by Crippen LogP contribution is -2.42. The molecule has 4 nitrogen and oxygen atoms in total. The normalized spacial score (nSPS) is 15.7. The van der Waals surface area contributed by atoms with Crippen molar-refractivity contribution < 1.29 is 4.42 Å². The van der Waals surface area contributed by atoms with E-state index in [1.165, 1.54) is 0 Å². The highest BCUT2D eigenvalue weighted by Crippen LogP contribution is 2.00. The lowest BCUT2D eigenvalue weighted by molar-refractivity contribution is 0.506. The van der Waals surface area contributed by atoms with Gasteiger partial charge in [0.25, 0.3) is 0 Å². The Kier molecular flexibility index (Phi) is 3.07. The third-order valence-corrected chi connectivity index (χ3v) is 2.21. The summed E-state index contributed by atoms with van der Waals surface area (Å²) in [5, 5.41) is 6.38. The highest BCUT2D eigenvalue weighted by Gasteiger charge is 2.05. The number of rotatable bonds is 3. The fraction of sp³-hybridized carbons (Fsp3) is 0.364. The van der Waals surface area contributed by atoms with E-state index < -0.39 is 0 Å². The number of hydrogen-bond donors (Lipinski definition) is 2. The van der Waals surface area contributed by atoms with Crippen molar-refractivity contribution in [1.29, 1.82) is 0 Å². The third-order valence-electron chi connectivity index (χ3n) is 2.21. The first-order valence-corrected chi connectivity index (χ1v) is 5.06. The molecule has 0 radical (unpaired) electrons. The Bertz CT molecular complexity index is 354. The van der Waals surface area contributed by atoms with Gasteiger partial charge in [-0.3, -0.25) is 0 Å². The van der Waals surface area contributed by atoms with Crippen LogP contribution >= 0.6 is 0 Å². The summed E-state index contributed by atoms with van der Waals surface area (Å²) in [6.45, 7) is 6.21. The minimum Gasteiger partial charge on any atom is -0.469 e. The number of aliphatic imine (C=N–C) groups is 1. The predicted octanol–water partition coefficient (Wildman–Crippen LogP) is 0.927. The molecule has 80 valence electrons. The number of hydrogen-bond acceptors (Lipinski definition) is 4. The van der Waals surface area contributed by atoms with Gasteiger partial charge < -0.3 is 15.1 Å². The molecule has 1 aromatic heterocycles. The van der Waals surface area contributed by atoms with E-state index >= 15 is 0 Å². The maximum absolute atomic E-state index is 5.23. The van der Waals surface area contributed by atoms with Gasteiger partial charge in [0.15, 0.2) is 5.96 Å². The number of nitrogens with zero attached hydrogens (tertiary/aromatic N) is 1. The molecular formula is C11H15N3O. The van der Waals surface area contributed by atoms with E-state index in [0.29, 0.717) is 0 Å². The van der Waals surface area contributed by atoms with Gasteiger partial charge in [-0.05, 0) is 17.7 Å². The smallest absolute Gasteiger partial charge is 0.191 e. The summed E-state index contributed by atoms with van der Waals surface area (Å²) in [6, 6.07) is 3.87. The molecule has 0 saturated heterocycles. The molecule has 1 aliphatic rings. The summed E-state index contributed by atoms with van der Waals surface area (Å²) in [4.78, 5) is 4.29. The summed E-state index contributed by atoms with van der Waals surface area (Å²) < 4.78 is 5.23. The van der Waals surface area contributed by atoms with Gasteiger partial charge in [-0.25, -0.2) is 4.99 Å². The largest absolute Gasteiger partial charge is 0.469 e. The van der Waals surface area contributed by atoms with E-state index in [1.54, 1.807) is 6.26 Å². The van der Waals surface area contributed by atoms with Crippen molar-refractivity contribution >= 4 is 5.96 Å². The summed E-state index contributed by atoms with van der Waals surface area (Å²) in [5.74, 6) is 1.84. The first-order valence-electron chi connectivity index (χ1n) is 5.06. The van der Waals surface area contributed by atoms with E-state index in [9.17, 15) is 0 Å². The Morgan fingerprint density at radius 1 is 1.60 bits per heavy atom. The van der Waals surface area contributed by atoms with Gasteiger partial charge in [0.2, 0.25) is 0 Å². The summed E-state index contributed by atoms with van der Waals surface area (Å²) >= 11 is 0. The lowest BCUT2D eigenvalue weighted by atomic mass is 10.3. The standard InChI is InChI=1S/C11H15N3O/c1-9-7-13-11(14-8-9)12-5-4-10-3-2-6-15-10/h2-3,6H,1,4-5,7-8H2,(H2,12,13,14). The first kappa shape index (κ1) is 9.83. The van der Waals surface area contributed by atoms with Crippen LogP contribution in [0.1, 0.15) is 5.76 Å². The zero-order valence-electron chi connectivity index (χ0n) is 8.62. The lowest BCUT2D eigenvalue weighted by Gasteiger charge is -2.17. The fourth-order valence-corrected chi connectivity index (χ4v) is 1.39. The Hall–Kier alpha value is -1.71. The molecule has 4 heteroatoms. The average Bonchev–Trinajstić information content (AvgIpc) is 2.74. The topological polar surface area (TPSA) is 49.6 Å². The van der Waals surface area contributed by atoms with Crippen LogP contribution in [0.4, 0.5) is 0 Å². The highest BCUT2D eigenvalue weighted by atomic mass is 16.3. The van der Waals surface area contributed by atoms with E-state index in [4.69, 9.17) is 4.42 Å². The molecule has 0 unspecified atom stereocenters. The second-order valence-corrected chi connectivity index (χ2v) is 3.52. The molecule has 15 heavy (non-hydrogen) atoms. The maximum atomic E-state index is 5.23. The molecule has 0 amide bonds. The molecule has 2 N–H and O–H groups in total. The van der Waals surface area contributed by atoms with Gasteiger partial charge in [-0.1, -0.05) is 6.58 Å². The molecule has 2 rings (SSSR count). The van der Waals surface area contributed by atoms with Crippen molar-refractivity contribution in [1.82, 2.24) is 10.6 Å². The highest BCUT2D eigenvalue weighted by molar-refractivity contribution is 5.81. The first-order chi connectivity index (χ1) is 7.34. The van der Waals surface area contributed by atoms with Crippen LogP contribution in [-0.4, -0.2) is 25.6 Å². The SMILES string of the molecule is C=C1CN=C(NCCc2ccco2)NC1. The van der Waals surface area contributed by atoms with Crippen LogP contribution < -0.4 is 10.6 Å². The molecule has 1 aromatic rings. The van der Waals surface area contributed by atoms with Gasteiger partial charge in [0.1, 0.15) is 5.76 Å². The molecule has 2 heterocycles. The quantitative estimate of drug-likeness (QED) is 0.722. The number of nitrogens with one attached hydrogen (secondary N) is 2. The zero-order chi connectivity index (χ0) is 10.5. The molecule has 0 bridgehead atoms. The van der Waals surface area contributed by atoms with E-state index in [2.05, 4.69) is 22.2 Å². The van der Waals surface area contributed by atoms with Crippen LogP contribution in [0.2, 0.25) is 0 Å². The van der Waals surface area contributed by atoms with Crippen molar-refractivity contribution in [3.8, 4) is 0 Å². The van der Waals surface area contributed by atoms with Crippen molar-refractivity contribution in [3.05, 3.63) is 36.3 Å².